The van der Waals surface area contributed by atoms with Gasteiger partial charge in [-0.05, 0) is 25.3 Å². The molecule has 0 amide bonds. The number of rotatable bonds is 4. The van der Waals surface area contributed by atoms with Crippen LogP contribution in [0.1, 0.15) is 24.0 Å². The second kappa shape index (κ2) is 6.18. The first-order valence-electron chi connectivity index (χ1n) is 7.33. The third-order valence-corrected chi connectivity index (χ3v) is 4.50. The van der Waals surface area contributed by atoms with E-state index in [1.165, 1.54) is 12.8 Å². The van der Waals surface area contributed by atoms with Crippen molar-refractivity contribution in [1.82, 2.24) is 9.88 Å². The van der Waals surface area contributed by atoms with Crippen LogP contribution in [-0.2, 0) is 4.74 Å². The number of halogens is 1. The first kappa shape index (κ1) is 14.6. The highest BCUT2D eigenvalue weighted by atomic mass is 35.5. The maximum atomic E-state index is 9.26. The number of hydrogen-bond acceptors (Lipinski definition) is 5. The van der Waals surface area contributed by atoms with Crippen molar-refractivity contribution in [2.24, 2.45) is 0 Å². The molecule has 21 heavy (non-hydrogen) atoms. The van der Waals surface area contributed by atoms with Crippen molar-refractivity contribution in [2.75, 3.05) is 31.6 Å². The Morgan fingerprint density at radius 2 is 2.38 bits per heavy atom. The Morgan fingerprint density at radius 1 is 1.57 bits per heavy atom. The second-order valence-electron chi connectivity index (χ2n) is 5.67. The highest BCUT2D eigenvalue weighted by Crippen LogP contribution is 2.28. The molecule has 1 aromatic rings. The quantitative estimate of drug-likeness (QED) is 0.924. The van der Waals surface area contributed by atoms with Crippen LogP contribution in [0.5, 0.6) is 0 Å². The lowest BCUT2D eigenvalue weighted by Crippen LogP contribution is -2.46. The largest absolute Gasteiger partial charge is 0.374 e. The summed E-state index contributed by atoms with van der Waals surface area (Å²) in [6.07, 6.45) is 4.36. The molecule has 1 atom stereocenters. The van der Waals surface area contributed by atoms with Gasteiger partial charge < -0.3 is 10.1 Å². The third-order valence-electron chi connectivity index (χ3n) is 4.12. The van der Waals surface area contributed by atoms with Gasteiger partial charge in [-0.3, -0.25) is 4.90 Å². The van der Waals surface area contributed by atoms with Gasteiger partial charge in [0.1, 0.15) is 11.9 Å². The molecule has 0 radical (unpaired) electrons. The highest BCUT2D eigenvalue weighted by molar-refractivity contribution is 6.31. The number of ether oxygens (including phenoxy) is 1. The molecule has 1 aliphatic heterocycles. The van der Waals surface area contributed by atoms with Crippen LogP contribution >= 0.6 is 11.6 Å². The molecule has 0 aromatic carbocycles. The van der Waals surface area contributed by atoms with Gasteiger partial charge in [0.05, 0.1) is 23.3 Å². The Morgan fingerprint density at radius 3 is 3.10 bits per heavy atom. The minimum atomic E-state index is 0.142. The maximum Gasteiger partial charge on any atom is 0.144 e. The zero-order chi connectivity index (χ0) is 14.8. The molecule has 2 aliphatic rings. The van der Waals surface area contributed by atoms with Gasteiger partial charge in [-0.2, -0.15) is 5.26 Å². The Labute approximate surface area is 129 Å². The van der Waals surface area contributed by atoms with Gasteiger partial charge in [0, 0.05) is 31.9 Å². The van der Waals surface area contributed by atoms with E-state index in [2.05, 4.69) is 21.3 Å². The molecule has 1 saturated heterocycles. The van der Waals surface area contributed by atoms with Gasteiger partial charge in [0.15, 0.2) is 0 Å². The van der Waals surface area contributed by atoms with Crippen molar-refractivity contribution in [1.29, 1.82) is 5.26 Å². The lowest BCUT2D eigenvalue weighted by atomic mass is 10.1. The lowest BCUT2D eigenvalue weighted by molar-refractivity contribution is -0.0241. The Balaban J connectivity index is 1.62. The maximum absolute atomic E-state index is 9.26. The first-order chi connectivity index (χ1) is 10.2. The Hall–Kier alpha value is -1.35. The SMILES string of the molecule is Cc1c(Cl)cnc(NCC2CN(C3CC3)CCO2)c1C#N. The standard InChI is InChI=1S/C15H19ClN4O/c1-10-13(6-17)15(19-8-14(10)16)18-7-12-9-20(4-5-21-12)11-2-3-11/h8,11-12H,2-5,7,9H2,1H3,(H,18,19). The van der Waals surface area contributed by atoms with Gasteiger partial charge in [-0.25, -0.2) is 4.98 Å². The van der Waals surface area contributed by atoms with Crippen LogP contribution < -0.4 is 5.32 Å². The van der Waals surface area contributed by atoms with E-state index < -0.39 is 0 Å². The molecule has 1 N–H and O–H groups in total. The van der Waals surface area contributed by atoms with Gasteiger partial charge >= 0.3 is 0 Å². The van der Waals surface area contributed by atoms with Crippen molar-refractivity contribution >= 4 is 17.4 Å². The van der Waals surface area contributed by atoms with E-state index in [0.717, 1.165) is 31.3 Å². The number of nitrogens with one attached hydrogen (secondary N) is 1. The Bertz CT molecular complexity index is 568. The summed E-state index contributed by atoms with van der Waals surface area (Å²) >= 11 is 6.00. The zero-order valence-electron chi connectivity index (χ0n) is 12.1. The van der Waals surface area contributed by atoms with E-state index in [0.29, 0.717) is 22.9 Å². The molecule has 1 saturated carbocycles. The summed E-state index contributed by atoms with van der Waals surface area (Å²) in [7, 11) is 0. The number of morpholine rings is 1. The predicted octanol–water partition coefficient (Wildman–Crippen LogP) is 2.19. The number of nitrogens with zero attached hydrogens (tertiary/aromatic N) is 3. The molecular formula is C15H19ClN4O. The van der Waals surface area contributed by atoms with Gasteiger partial charge in [0.25, 0.3) is 0 Å². The second-order valence-corrected chi connectivity index (χ2v) is 6.07. The van der Waals surface area contributed by atoms with Crippen LogP contribution in [0, 0.1) is 18.3 Å². The molecule has 0 bridgehead atoms. The smallest absolute Gasteiger partial charge is 0.144 e. The molecule has 5 nitrogen and oxygen atoms in total. The first-order valence-corrected chi connectivity index (χ1v) is 7.71. The van der Waals surface area contributed by atoms with Crippen molar-refractivity contribution in [3.8, 4) is 6.07 Å². The van der Waals surface area contributed by atoms with Crippen LogP contribution in [0.2, 0.25) is 5.02 Å². The van der Waals surface area contributed by atoms with Gasteiger partial charge in [-0.1, -0.05) is 11.6 Å². The van der Waals surface area contributed by atoms with E-state index in [4.69, 9.17) is 16.3 Å². The normalized spacial score (nSPS) is 22.8. The molecule has 1 aliphatic carbocycles. The zero-order valence-corrected chi connectivity index (χ0v) is 12.9. The van der Waals surface area contributed by atoms with Crippen molar-refractivity contribution in [3.63, 3.8) is 0 Å². The molecule has 0 spiro atoms. The van der Waals surface area contributed by atoms with Crippen LogP contribution in [0.4, 0.5) is 5.82 Å². The fourth-order valence-electron chi connectivity index (χ4n) is 2.70. The van der Waals surface area contributed by atoms with Crippen LogP contribution in [0.25, 0.3) is 0 Å². The van der Waals surface area contributed by atoms with E-state index in [1.807, 2.05) is 6.92 Å². The van der Waals surface area contributed by atoms with Crippen molar-refractivity contribution < 1.29 is 4.74 Å². The fraction of sp³-hybridized carbons (Fsp3) is 0.600. The average molecular weight is 307 g/mol. The number of nitriles is 1. The highest BCUT2D eigenvalue weighted by Gasteiger charge is 2.32. The third kappa shape index (κ3) is 3.29. The number of pyridine rings is 1. The summed E-state index contributed by atoms with van der Waals surface area (Å²) in [4.78, 5) is 6.73. The van der Waals surface area contributed by atoms with E-state index in [1.54, 1.807) is 6.20 Å². The summed E-state index contributed by atoms with van der Waals surface area (Å²) in [6, 6.07) is 2.93. The van der Waals surface area contributed by atoms with Crippen LogP contribution in [0.3, 0.4) is 0 Å². The average Bonchev–Trinajstić information content (AvgIpc) is 3.33. The molecular weight excluding hydrogens is 288 g/mol. The minimum absolute atomic E-state index is 0.142. The Kier molecular flexibility index (Phi) is 4.29. The van der Waals surface area contributed by atoms with E-state index in [9.17, 15) is 5.26 Å². The molecule has 2 fully saturated rings. The van der Waals surface area contributed by atoms with Crippen molar-refractivity contribution in [2.45, 2.75) is 31.9 Å². The summed E-state index contributed by atoms with van der Waals surface area (Å²) in [5, 5.41) is 13.0. The minimum Gasteiger partial charge on any atom is -0.374 e. The summed E-state index contributed by atoms with van der Waals surface area (Å²) in [5.41, 5.74) is 1.28. The molecule has 1 unspecified atom stereocenters. The van der Waals surface area contributed by atoms with E-state index in [-0.39, 0.29) is 6.10 Å². The molecule has 3 rings (SSSR count). The molecule has 6 heteroatoms. The molecule has 1 aromatic heterocycles. The fourth-order valence-corrected chi connectivity index (χ4v) is 2.84. The van der Waals surface area contributed by atoms with Gasteiger partial charge in [0.2, 0.25) is 0 Å². The summed E-state index contributed by atoms with van der Waals surface area (Å²) < 4.78 is 5.79. The summed E-state index contributed by atoms with van der Waals surface area (Å²) in [6.45, 7) is 5.25. The number of anilines is 1. The predicted molar refractivity (Wildman–Crippen MR) is 81.5 cm³/mol. The lowest BCUT2D eigenvalue weighted by Gasteiger charge is -2.33. The van der Waals surface area contributed by atoms with Crippen molar-refractivity contribution in [3.05, 3.63) is 22.3 Å². The molecule has 2 heterocycles. The number of aromatic nitrogens is 1. The topological polar surface area (TPSA) is 61.2 Å². The van der Waals surface area contributed by atoms with E-state index >= 15 is 0 Å². The van der Waals surface area contributed by atoms with Crippen LogP contribution in [-0.4, -0.2) is 48.3 Å². The van der Waals surface area contributed by atoms with Gasteiger partial charge in [-0.15, -0.1) is 0 Å². The molecule has 112 valence electrons. The van der Waals surface area contributed by atoms with Crippen LogP contribution in [0.15, 0.2) is 6.20 Å². The number of hydrogen-bond donors (Lipinski definition) is 1. The summed E-state index contributed by atoms with van der Waals surface area (Å²) in [5.74, 6) is 0.589. The monoisotopic (exact) mass is 306 g/mol.